The van der Waals surface area contributed by atoms with Gasteiger partial charge in [0, 0.05) is 25.3 Å². The maximum atomic E-state index is 12.4. The zero-order valence-corrected chi connectivity index (χ0v) is 15.4. The number of nitrogens with one attached hydrogen (secondary N) is 1. The molecule has 0 spiro atoms. The largest absolute Gasteiger partial charge is 0.455 e. The lowest BCUT2D eigenvalue weighted by Gasteiger charge is -2.15. The van der Waals surface area contributed by atoms with Crippen LogP contribution in [0.2, 0.25) is 0 Å². The summed E-state index contributed by atoms with van der Waals surface area (Å²) < 4.78 is 5.24. The molecule has 0 saturated heterocycles. The van der Waals surface area contributed by atoms with Crippen molar-refractivity contribution in [3.8, 4) is 0 Å². The number of benzene rings is 2. The van der Waals surface area contributed by atoms with Crippen molar-refractivity contribution < 1.29 is 19.1 Å². The van der Waals surface area contributed by atoms with E-state index in [0.717, 1.165) is 18.4 Å². The SMILES string of the molecule is CN(C)C(=O)c1ccc(NC(=O)COC(=O)C2(c3ccccc3)CC2)cc1. The second-order valence-electron chi connectivity index (χ2n) is 6.85. The molecule has 0 bridgehead atoms. The maximum absolute atomic E-state index is 12.4. The molecular weight excluding hydrogens is 344 g/mol. The molecule has 27 heavy (non-hydrogen) atoms. The Kier molecular flexibility index (Phi) is 5.26. The van der Waals surface area contributed by atoms with Gasteiger partial charge in [-0.25, -0.2) is 0 Å². The van der Waals surface area contributed by atoms with Crippen molar-refractivity contribution >= 4 is 23.5 Å². The zero-order chi connectivity index (χ0) is 19.4. The van der Waals surface area contributed by atoms with Crippen molar-refractivity contribution in [1.82, 2.24) is 4.90 Å². The first kappa shape index (κ1) is 18.6. The molecule has 0 radical (unpaired) electrons. The maximum Gasteiger partial charge on any atom is 0.317 e. The van der Waals surface area contributed by atoms with Crippen LogP contribution in [0, 0.1) is 0 Å². The van der Waals surface area contributed by atoms with E-state index >= 15 is 0 Å². The third-order valence-electron chi connectivity index (χ3n) is 4.62. The van der Waals surface area contributed by atoms with Gasteiger partial charge in [-0.2, -0.15) is 0 Å². The van der Waals surface area contributed by atoms with Crippen LogP contribution >= 0.6 is 0 Å². The van der Waals surface area contributed by atoms with Crippen molar-refractivity contribution in [3.63, 3.8) is 0 Å². The van der Waals surface area contributed by atoms with Gasteiger partial charge >= 0.3 is 5.97 Å². The molecule has 6 heteroatoms. The normalized spacial score (nSPS) is 14.1. The topological polar surface area (TPSA) is 75.7 Å². The van der Waals surface area contributed by atoms with E-state index in [0.29, 0.717) is 11.3 Å². The summed E-state index contributed by atoms with van der Waals surface area (Å²) in [6, 6.07) is 16.1. The highest BCUT2D eigenvalue weighted by Gasteiger charge is 2.52. The van der Waals surface area contributed by atoms with Crippen molar-refractivity contribution in [1.29, 1.82) is 0 Å². The standard InChI is InChI=1S/C21H22N2O4/c1-23(2)19(25)15-8-10-17(11-9-15)22-18(24)14-27-20(26)21(12-13-21)16-6-4-3-5-7-16/h3-11H,12-14H2,1-2H3,(H,22,24). The number of carbonyl (C=O) groups excluding carboxylic acids is 3. The molecule has 0 aromatic heterocycles. The van der Waals surface area contributed by atoms with Crippen LogP contribution in [0.25, 0.3) is 0 Å². The molecule has 1 saturated carbocycles. The van der Waals surface area contributed by atoms with E-state index in [-0.39, 0.29) is 18.5 Å². The number of nitrogens with zero attached hydrogens (tertiary/aromatic N) is 1. The fourth-order valence-electron chi connectivity index (χ4n) is 2.91. The fraction of sp³-hybridized carbons (Fsp3) is 0.286. The predicted octanol–water partition coefficient (Wildman–Crippen LogP) is 2.60. The van der Waals surface area contributed by atoms with Gasteiger partial charge in [-0.05, 0) is 42.7 Å². The molecular formula is C21H22N2O4. The van der Waals surface area contributed by atoms with E-state index < -0.39 is 11.3 Å². The van der Waals surface area contributed by atoms with Crippen LogP contribution < -0.4 is 5.32 Å². The van der Waals surface area contributed by atoms with Crippen LogP contribution in [0.15, 0.2) is 54.6 Å². The van der Waals surface area contributed by atoms with Gasteiger partial charge in [0.25, 0.3) is 11.8 Å². The van der Waals surface area contributed by atoms with Crippen LogP contribution in [-0.4, -0.2) is 43.4 Å². The Morgan fingerprint density at radius 1 is 1.00 bits per heavy atom. The molecule has 2 aromatic carbocycles. The van der Waals surface area contributed by atoms with Gasteiger partial charge in [0.15, 0.2) is 6.61 Å². The molecule has 1 aliphatic rings. The number of carbonyl (C=O) groups is 3. The molecule has 3 rings (SSSR count). The number of anilines is 1. The minimum absolute atomic E-state index is 0.113. The van der Waals surface area contributed by atoms with Crippen LogP contribution in [0.3, 0.4) is 0 Å². The van der Waals surface area contributed by atoms with Crippen molar-refractivity contribution in [3.05, 3.63) is 65.7 Å². The van der Waals surface area contributed by atoms with Gasteiger partial charge in [-0.3, -0.25) is 14.4 Å². The van der Waals surface area contributed by atoms with Crippen molar-refractivity contribution in [2.24, 2.45) is 0 Å². The summed E-state index contributed by atoms with van der Waals surface area (Å²) >= 11 is 0. The quantitative estimate of drug-likeness (QED) is 0.798. The van der Waals surface area contributed by atoms with E-state index in [4.69, 9.17) is 4.74 Å². The molecule has 1 fully saturated rings. The smallest absolute Gasteiger partial charge is 0.317 e. The van der Waals surface area contributed by atoms with Crippen LogP contribution in [0.5, 0.6) is 0 Å². The third kappa shape index (κ3) is 4.16. The highest BCUT2D eigenvalue weighted by Crippen LogP contribution is 2.49. The summed E-state index contributed by atoms with van der Waals surface area (Å²) in [5, 5.41) is 2.66. The van der Waals surface area contributed by atoms with Crippen LogP contribution in [0.4, 0.5) is 5.69 Å². The molecule has 0 unspecified atom stereocenters. The summed E-state index contributed by atoms with van der Waals surface area (Å²) in [5.74, 6) is -0.896. The van der Waals surface area contributed by atoms with Gasteiger partial charge < -0.3 is 15.0 Å². The van der Waals surface area contributed by atoms with Gasteiger partial charge in [0.2, 0.25) is 0 Å². The second kappa shape index (κ2) is 7.61. The fourth-order valence-corrected chi connectivity index (χ4v) is 2.91. The van der Waals surface area contributed by atoms with Gasteiger partial charge in [-0.1, -0.05) is 30.3 Å². The van der Waals surface area contributed by atoms with Gasteiger partial charge in [0.1, 0.15) is 0 Å². The van der Waals surface area contributed by atoms with Crippen LogP contribution in [0.1, 0.15) is 28.8 Å². The summed E-state index contributed by atoms with van der Waals surface area (Å²) in [6.45, 7) is -0.341. The van der Waals surface area contributed by atoms with Crippen LogP contribution in [-0.2, 0) is 19.7 Å². The summed E-state index contributed by atoms with van der Waals surface area (Å²) in [6.07, 6.45) is 1.47. The lowest BCUT2D eigenvalue weighted by Crippen LogP contribution is -2.28. The molecule has 2 amide bonds. The first-order chi connectivity index (χ1) is 12.9. The number of hydrogen-bond acceptors (Lipinski definition) is 4. The Hall–Kier alpha value is -3.15. The number of rotatable bonds is 6. The molecule has 6 nitrogen and oxygen atoms in total. The highest BCUT2D eigenvalue weighted by atomic mass is 16.5. The summed E-state index contributed by atoms with van der Waals surface area (Å²) in [5.41, 5.74) is 1.39. The van der Waals surface area contributed by atoms with E-state index in [2.05, 4.69) is 5.32 Å². The molecule has 140 valence electrons. The Morgan fingerprint density at radius 3 is 2.19 bits per heavy atom. The predicted molar refractivity (Wildman–Crippen MR) is 101 cm³/mol. The molecule has 0 atom stereocenters. The second-order valence-corrected chi connectivity index (χ2v) is 6.85. The third-order valence-corrected chi connectivity index (χ3v) is 4.62. The average molecular weight is 366 g/mol. The van der Waals surface area contributed by atoms with Crippen molar-refractivity contribution in [2.45, 2.75) is 18.3 Å². The zero-order valence-electron chi connectivity index (χ0n) is 15.4. The Labute approximate surface area is 158 Å². The van der Waals surface area contributed by atoms with Gasteiger partial charge in [0.05, 0.1) is 5.41 Å². The Morgan fingerprint density at radius 2 is 1.63 bits per heavy atom. The highest BCUT2D eigenvalue weighted by molar-refractivity contribution is 5.96. The summed E-state index contributed by atoms with van der Waals surface area (Å²) in [4.78, 5) is 37.8. The minimum atomic E-state index is -0.601. The average Bonchev–Trinajstić information content (AvgIpc) is 3.49. The van der Waals surface area contributed by atoms with E-state index in [1.54, 1.807) is 38.4 Å². The molecule has 2 aromatic rings. The number of ether oxygens (including phenoxy) is 1. The minimum Gasteiger partial charge on any atom is -0.455 e. The molecule has 1 N–H and O–H groups in total. The number of hydrogen-bond donors (Lipinski definition) is 1. The van der Waals surface area contributed by atoms with Gasteiger partial charge in [-0.15, -0.1) is 0 Å². The number of amides is 2. The first-order valence-corrected chi connectivity index (χ1v) is 8.77. The number of esters is 1. The first-order valence-electron chi connectivity index (χ1n) is 8.77. The monoisotopic (exact) mass is 366 g/mol. The Balaban J connectivity index is 1.53. The van der Waals surface area contributed by atoms with E-state index in [9.17, 15) is 14.4 Å². The lowest BCUT2D eigenvalue weighted by molar-refractivity contribution is -0.150. The molecule has 1 aliphatic carbocycles. The molecule has 0 aliphatic heterocycles. The summed E-state index contributed by atoms with van der Waals surface area (Å²) in [7, 11) is 3.35. The Bertz CT molecular complexity index is 840. The lowest BCUT2D eigenvalue weighted by atomic mass is 9.96. The van der Waals surface area contributed by atoms with E-state index in [1.807, 2.05) is 30.3 Å². The van der Waals surface area contributed by atoms with E-state index in [1.165, 1.54) is 4.90 Å². The van der Waals surface area contributed by atoms with Crippen molar-refractivity contribution in [2.75, 3.05) is 26.0 Å². The molecule has 0 heterocycles.